The summed E-state index contributed by atoms with van der Waals surface area (Å²) >= 11 is 1.14. The molecule has 0 bridgehead atoms. The van der Waals surface area contributed by atoms with Gasteiger partial charge in [0.2, 0.25) is 0 Å². The molecule has 20 heavy (non-hydrogen) atoms. The summed E-state index contributed by atoms with van der Waals surface area (Å²) in [5, 5.41) is 20.1. The van der Waals surface area contributed by atoms with Crippen LogP contribution < -0.4 is 10.6 Å². The molecule has 0 spiro atoms. The summed E-state index contributed by atoms with van der Waals surface area (Å²) in [6, 6.07) is 2.04. The first-order valence-electron chi connectivity index (χ1n) is 6.27. The van der Waals surface area contributed by atoms with Gasteiger partial charge in [0.1, 0.15) is 21.5 Å². The maximum Gasteiger partial charge on any atom is 0.350 e. The Morgan fingerprint density at radius 1 is 1.65 bits per heavy atom. The number of hydrogen-bond donors (Lipinski definition) is 2. The van der Waals surface area contributed by atoms with Gasteiger partial charge in [-0.3, -0.25) is 0 Å². The number of methoxy groups -OCH3 is 1. The Balaban J connectivity index is 2.42. The molecule has 0 radical (unpaired) electrons. The molecule has 108 valence electrons. The molecular weight excluding hydrogens is 278 g/mol. The molecule has 6 nitrogen and oxygen atoms in total. The van der Waals surface area contributed by atoms with Gasteiger partial charge in [-0.15, -0.1) is 11.3 Å². The number of anilines is 2. The van der Waals surface area contributed by atoms with Gasteiger partial charge in [-0.05, 0) is 19.8 Å². The molecule has 0 saturated carbocycles. The van der Waals surface area contributed by atoms with Crippen LogP contribution in [0.5, 0.6) is 0 Å². The molecule has 1 aliphatic heterocycles. The van der Waals surface area contributed by atoms with Crippen molar-refractivity contribution in [3.63, 3.8) is 0 Å². The fourth-order valence-corrected chi connectivity index (χ4v) is 3.51. The van der Waals surface area contributed by atoms with Gasteiger partial charge in [0, 0.05) is 13.1 Å². The molecule has 1 unspecified atom stereocenters. The minimum atomic E-state index is -0.796. The normalized spacial score (nSPS) is 22.4. The molecule has 0 aromatic carbocycles. The third-order valence-corrected chi connectivity index (χ3v) is 4.62. The molecule has 1 aromatic rings. The van der Waals surface area contributed by atoms with Crippen LogP contribution in [0.2, 0.25) is 0 Å². The number of rotatable bonds is 2. The van der Waals surface area contributed by atoms with Crippen molar-refractivity contribution in [2.24, 2.45) is 0 Å². The van der Waals surface area contributed by atoms with Gasteiger partial charge in [0.05, 0.1) is 18.4 Å². The van der Waals surface area contributed by atoms with Gasteiger partial charge in [-0.2, -0.15) is 5.26 Å². The number of nitrogen functional groups attached to an aromatic ring is 1. The number of ether oxygens (including phenoxy) is 1. The van der Waals surface area contributed by atoms with E-state index in [0.717, 1.165) is 30.7 Å². The highest BCUT2D eigenvalue weighted by Crippen LogP contribution is 2.40. The molecule has 0 aliphatic carbocycles. The fraction of sp³-hybridized carbons (Fsp3) is 0.538. The first-order valence-corrected chi connectivity index (χ1v) is 7.09. The summed E-state index contributed by atoms with van der Waals surface area (Å²) in [5.41, 5.74) is 5.51. The fourth-order valence-electron chi connectivity index (χ4n) is 2.40. The predicted molar refractivity (Wildman–Crippen MR) is 76.9 cm³/mol. The summed E-state index contributed by atoms with van der Waals surface area (Å²) < 4.78 is 4.67. The number of esters is 1. The lowest BCUT2D eigenvalue weighted by Crippen LogP contribution is -2.46. The molecule has 1 aliphatic rings. The molecule has 1 fully saturated rings. The van der Waals surface area contributed by atoms with Crippen molar-refractivity contribution in [2.75, 3.05) is 30.8 Å². The van der Waals surface area contributed by atoms with E-state index in [-0.39, 0.29) is 16.1 Å². The number of carbonyl (C=O) groups is 1. The van der Waals surface area contributed by atoms with Crippen molar-refractivity contribution in [1.29, 1.82) is 5.26 Å². The van der Waals surface area contributed by atoms with Crippen LogP contribution in [-0.4, -0.2) is 36.9 Å². The third-order valence-electron chi connectivity index (χ3n) is 3.37. The monoisotopic (exact) mass is 295 g/mol. The molecule has 2 heterocycles. The van der Waals surface area contributed by atoms with Crippen molar-refractivity contribution >= 4 is 28.0 Å². The van der Waals surface area contributed by atoms with E-state index in [0.29, 0.717) is 11.5 Å². The molecule has 1 aromatic heterocycles. The minimum Gasteiger partial charge on any atom is -0.465 e. The molecule has 3 N–H and O–H groups in total. The number of nitrogens with two attached hydrogens (primary N) is 1. The highest BCUT2D eigenvalue weighted by molar-refractivity contribution is 7.18. The van der Waals surface area contributed by atoms with Crippen LogP contribution in [0.4, 0.5) is 10.7 Å². The Morgan fingerprint density at radius 2 is 2.35 bits per heavy atom. The van der Waals surface area contributed by atoms with E-state index in [4.69, 9.17) is 5.73 Å². The summed E-state index contributed by atoms with van der Waals surface area (Å²) in [6.45, 7) is 2.91. The number of β-amino-alcohol motifs (C(OH)–C–C–N with tert-alkyl or cyclic N) is 1. The second-order valence-corrected chi connectivity index (χ2v) is 6.15. The Bertz CT molecular complexity index is 574. The molecule has 7 heteroatoms. The number of thiophene rings is 1. The number of hydrogen-bond acceptors (Lipinski definition) is 7. The van der Waals surface area contributed by atoms with Gasteiger partial charge in [-0.25, -0.2) is 4.79 Å². The highest BCUT2D eigenvalue weighted by atomic mass is 32.1. The Kier molecular flexibility index (Phi) is 3.88. The number of nitriles is 1. The summed E-state index contributed by atoms with van der Waals surface area (Å²) in [5.74, 6) is -0.543. The highest BCUT2D eigenvalue weighted by Gasteiger charge is 2.32. The second kappa shape index (κ2) is 5.31. The lowest BCUT2D eigenvalue weighted by atomic mass is 9.95. The zero-order chi connectivity index (χ0) is 14.9. The van der Waals surface area contributed by atoms with E-state index in [1.165, 1.54) is 7.11 Å². The van der Waals surface area contributed by atoms with E-state index < -0.39 is 11.6 Å². The average molecular weight is 295 g/mol. The standard InChI is InChI=1S/C13H17N3O3S/c1-13(18)4-3-5-16(7-13)11-8(6-14)9(15)10(20-11)12(17)19-2/h18H,3-5,7,15H2,1-2H3. The van der Waals surface area contributed by atoms with Crippen LogP contribution in [0.3, 0.4) is 0 Å². The number of piperidine rings is 1. The largest absolute Gasteiger partial charge is 0.465 e. The predicted octanol–water partition coefficient (Wildman–Crippen LogP) is 1.34. The topological polar surface area (TPSA) is 99.6 Å². The molecule has 0 amide bonds. The van der Waals surface area contributed by atoms with E-state index in [1.807, 2.05) is 11.0 Å². The van der Waals surface area contributed by atoms with Crippen LogP contribution >= 0.6 is 11.3 Å². The molecule has 1 saturated heterocycles. The Morgan fingerprint density at radius 3 is 2.90 bits per heavy atom. The minimum absolute atomic E-state index is 0.157. The van der Waals surface area contributed by atoms with Gasteiger partial charge in [0.25, 0.3) is 0 Å². The van der Waals surface area contributed by atoms with Crippen molar-refractivity contribution < 1.29 is 14.6 Å². The Labute approximate surface area is 121 Å². The zero-order valence-corrected chi connectivity index (χ0v) is 12.3. The lowest BCUT2D eigenvalue weighted by molar-refractivity contribution is 0.0451. The second-order valence-electron chi connectivity index (χ2n) is 5.15. The van der Waals surface area contributed by atoms with Crippen LogP contribution in [0.25, 0.3) is 0 Å². The van der Waals surface area contributed by atoms with Crippen LogP contribution in [0.15, 0.2) is 0 Å². The van der Waals surface area contributed by atoms with Crippen LogP contribution in [-0.2, 0) is 4.74 Å². The van der Waals surface area contributed by atoms with Gasteiger partial charge in [0.15, 0.2) is 0 Å². The van der Waals surface area contributed by atoms with E-state index >= 15 is 0 Å². The summed E-state index contributed by atoms with van der Waals surface area (Å²) in [7, 11) is 1.28. The van der Waals surface area contributed by atoms with E-state index in [1.54, 1.807) is 6.92 Å². The van der Waals surface area contributed by atoms with Gasteiger partial charge in [-0.1, -0.05) is 0 Å². The summed E-state index contributed by atoms with van der Waals surface area (Å²) in [4.78, 5) is 13.8. The van der Waals surface area contributed by atoms with E-state index in [9.17, 15) is 15.2 Å². The van der Waals surface area contributed by atoms with Crippen molar-refractivity contribution in [1.82, 2.24) is 0 Å². The van der Waals surface area contributed by atoms with Crippen molar-refractivity contribution in [3.05, 3.63) is 10.4 Å². The van der Waals surface area contributed by atoms with E-state index in [2.05, 4.69) is 4.74 Å². The van der Waals surface area contributed by atoms with Crippen molar-refractivity contribution in [2.45, 2.75) is 25.4 Å². The van der Waals surface area contributed by atoms with Crippen LogP contribution in [0, 0.1) is 11.3 Å². The van der Waals surface area contributed by atoms with Crippen molar-refractivity contribution in [3.8, 4) is 6.07 Å². The number of carbonyl (C=O) groups excluding carboxylic acids is 1. The first kappa shape index (κ1) is 14.6. The first-order chi connectivity index (χ1) is 9.39. The Hall–Kier alpha value is -1.78. The SMILES string of the molecule is COC(=O)c1sc(N2CCCC(C)(O)C2)c(C#N)c1N. The maximum absolute atomic E-state index is 11.7. The third kappa shape index (κ3) is 2.57. The summed E-state index contributed by atoms with van der Waals surface area (Å²) in [6.07, 6.45) is 1.54. The molecular formula is C13H17N3O3S. The average Bonchev–Trinajstić information content (AvgIpc) is 2.73. The van der Waals surface area contributed by atoms with Gasteiger partial charge < -0.3 is 20.5 Å². The maximum atomic E-state index is 11.7. The zero-order valence-electron chi connectivity index (χ0n) is 11.5. The lowest BCUT2D eigenvalue weighted by Gasteiger charge is -2.37. The molecule has 2 rings (SSSR count). The smallest absolute Gasteiger partial charge is 0.350 e. The quantitative estimate of drug-likeness (QED) is 0.799. The van der Waals surface area contributed by atoms with Gasteiger partial charge >= 0.3 is 5.97 Å². The number of aliphatic hydroxyl groups is 1. The number of nitrogens with zero attached hydrogens (tertiary/aromatic N) is 2. The molecule has 1 atom stereocenters. The van der Waals surface area contributed by atoms with Crippen LogP contribution in [0.1, 0.15) is 35.0 Å².